The molecule has 0 atom stereocenters. The topological polar surface area (TPSA) is 82.2 Å². The Kier molecular flexibility index (Phi) is 6.82. The van der Waals surface area contributed by atoms with Crippen molar-refractivity contribution in [3.8, 4) is 17.1 Å². The van der Waals surface area contributed by atoms with Gasteiger partial charge in [-0.1, -0.05) is 11.6 Å². The van der Waals surface area contributed by atoms with Crippen molar-refractivity contribution in [2.45, 2.75) is 30.4 Å². The molecule has 0 saturated heterocycles. The van der Waals surface area contributed by atoms with Crippen molar-refractivity contribution in [1.82, 2.24) is 14.8 Å². The summed E-state index contributed by atoms with van der Waals surface area (Å²) in [7, 11) is 0. The minimum atomic E-state index is -0.142. The lowest BCUT2D eigenvalue weighted by Gasteiger charge is -2.13. The number of hydrogen-bond donors (Lipinski definition) is 1. The standard InChI is InChI=1S/C23H21ClN4O3S/c1-3-30-20-11-10-18(25-15(2)29)13-21(20)32-23-27-26-22(16-6-8-17(24)9-7-16)28(23)14-19-5-4-12-31-19/h4-13H,3,14H2,1-2H3,(H,25,29). The molecule has 0 spiro atoms. The van der Waals surface area contributed by atoms with E-state index in [0.717, 1.165) is 16.2 Å². The molecular weight excluding hydrogens is 448 g/mol. The van der Waals surface area contributed by atoms with E-state index in [1.165, 1.54) is 18.7 Å². The Bertz CT molecular complexity index is 1210. The molecule has 0 aliphatic rings. The van der Waals surface area contributed by atoms with Crippen LogP contribution in [0.5, 0.6) is 5.75 Å². The van der Waals surface area contributed by atoms with Crippen molar-refractivity contribution < 1.29 is 13.9 Å². The van der Waals surface area contributed by atoms with Crippen LogP contribution in [0.4, 0.5) is 5.69 Å². The first-order chi connectivity index (χ1) is 15.5. The summed E-state index contributed by atoms with van der Waals surface area (Å²) in [5.41, 5.74) is 1.57. The second-order valence-corrected chi connectivity index (χ2v) is 8.30. The van der Waals surface area contributed by atoms with Crippen molar-refractivity contribution in [3.05, 3.63) is 71.6 Å². The zero-order valence-corrected chi connectivity index (χ0v) is 19.1. The van der Waals surface area contributed by atoms with Gasteiger partial charge in [0, 0.05) is 23.2 Å². The molecule has 4 aromatic rings. The molecule has 2 aromatic heterocycles. The summed E-state index contributed by atoms with van der Waals surface area (Å²) in [4.78, 5) is 12.3. The third-order valence-corrected chi connectivity index (χ3v) is 5.75. The number of benzene rings is 2. The van der Waals surface area contributed by atoms with Crippen molar-refractivity contribution in [3.63, 3.8) is 0 Å². The van der Waals surface area contributed by atoms with Crippen molar-refractivity contribution in [2.24, 2.45) is 0 Å². The lowest BCUT2D eigenvalue weighted by Crippen LogP contribution is -2.06. The fraction of sp³-hybridized carbons (Fsp3) is 0.174. The van der Waals surface area contributed by atoms with Crippen LogP contribution in [0.1, 0.15) is 19.6 Å². The lowest BCUT2D eigenvalue weighted by atomic mass is 10.2. The zero-order chi connectivity index (χ0) is 22.5. The van der Waals surface area contributed by atoms with E-state index in [0.29, 0.717) is 40.6 Å². The predicted molar refractivity (Wildman–Crippen MR) is 124 cm³/mol. The SMILES string of the molecule is CCOc1ccc(NC(C)=O)cc1Sc1nnc(-c2ccc(Cl)cc2)n1Cc1ccco1. The van der Waals surface area contributed by atoms with E-state index in [1.54, 1.807) is 6.26 Å². The number of rotatable bonds is 8. The van der Waals surface area contributed by atoms with Crippen LogP contribution in [0.15, 0.2) is 75.3 Å². The summed E-state index contributed by atoms with van der Waals surface area (Å²) in [6.45, 7) is 4.37. The summed E-state index contributed by atoms with van der Waals surface area (Å²) in [6, 6.07) is 16.7. The number of nitrogens with one attached hydrogen (secondary N) is 1. The number of amides is 1. The van der Waals surface area contributed by atoms with Gasteiger partial charge in [-0.2, -0.15) is 0 Å². The van der Waals surface area contributed by atoms with Gasteiger partial charge in [0.2, 0.25) is 5.91 Å². The first-order valence-electron chi connectivity index (χ1n) is 9.97. The summed E-state index contributed by atoms with van der Waals surface area (Å²) in [5.74, 6) is 2.03. The largest absolute Gasteiger partial charge is 0.493 e. The Morgan fingerprint density at radius 3 is 2.69 bits per heavy atom. The Morgan fingerprint density at radius 2 is 2.00 bits per heavy atom. The minimum Gasteiger partial charge on any atom is -0.493 e. The Labute approximate surface area is 194 Å². The summed E-state index contributed by atoms with van der Waals surface area (Å²) < 4.78 is 13.3. The van der Waals surface area contributed by atoms with Crippen LogP contribution in [-0.4, -0.2) is 27.3 Å². The summed E-state index contributed by atoms with van der Waals surface area (Å²) in [6.07, 6.45) is 1.64. The fourth-order valence-electron chi connectivity index (χ4n) is 3.12. The van der Waals surface area contributed by atoms with Crippen LogP contribution in [0.2, 0.25) is 5.02 Å². The normalized spacial score (nSPS) is 10.8. The molecule has 0 unspecified atom stereocenters. The fourth-order valence-corrected chi connectivity index (χ4v) is 4.20. The van der Waals surface area contributed by atoms with Crippen LogP contribution in [0, 0.1) is 0 Å². The van der Waals surface area contributed by atoms with Crippen LogP contribution >= 0.6 is 23.4 Å². The molecule has 2 heterocycles. The molecule has 0 fully saturated rings. The van der Waals surface area contributed by atoms with E-state index in [9.17, 15) is 4.79 Å². The monoisotopic (exact) mass is 468 g/mol. The van der Waals surface area contributed by atoms with Gasteiger partial charge in [0.25, 0.3) is 0 Å². The van der Waals surface area contributed by atoms with Gasteiger partial charge < -0.3 is 14.5 Å². The molecule has 32 heavy (non-hydrogen) atoms. The van der Waals surface area contributed by atoms with E-state index >= 15 is 0 Å². The number of halogens is 1. The number of carbonyl (C=O) groups is 1. The number of hydrogen-bond acceptors (Lipinski definition) is 6. The van der Waals surface area contributed by atoms with Crippen molar-refractivity contribution >= 4 is 35.0 Å². The average Bonchev–Trinajstić information content (AvgIpc) is 3.41. The highest BCUT2D eigenvalue weighted by Crippen LogP contribution is 2.38. The van der Waals surface area contributed by atoms with Gasteiger partial charge in [-0.05, 0) is 73.3 Å². The highest BCUT2D eigenvalue weighted by Gasteiger charge is 2.19. The van der Waals surface area contributed by atoms with E-state index in [2.05, 4.69) is 15.5 Å². The third-order valence-electron chi connectivity index (χ3n) is 4.48. The van der Waals surface area contributed by atoms with Gasteiger partial charge in [0.1, 0.15) is 11.5 Å². The van der Waals surface area contributed by atoms with Crippen LogP contribution in [-0.2, 0) is 11.3 Å². The van der Waals surface area contributed by atoms with E-state index in [1.807, 2.05) is 66.1 Å². The van der Waals surface area contributed by atoms with Gasteiger partial charge >= 0.3 is 0 Å². The first kappa shape index (κ1) is 22.0. The minimum absolute atomic E-state index is 0.142. The van der Waals surface area contributed by atoms with Crippen LogP contribution < -0.4 is 10.1 Å². The molecule has 2 aromatic carbocycles. The number of aromatic nitrogens is 3. The molecule has 1 amide bonds. The molecule has 1 N–H and O–H groups in total. The zero-order valence-electron chi connectivity index (χ0n) is 17.5. The predicted octanol–water partition coefficient (Wildman–Crippen LogP) is 5.75. The van der Waals surface area contributed by atoms with E-state index in [-0.39, 0.29) is 5.91 Å². The van der Waals surface area contributed by atoms with Gasteiger partial charge in [-0.25, -0.2) is 0 Å². The Balaban J connectivity index is 1.74. The Hall–Kier alpha value is -3.23. The molecule has 0 bridgehead atoms. The first-order valence-corrected chi connectivity index (χ1v) is 11.2. The van der Waals surface area contributed by atoms with Crippen molar-refractivity contribution in [2.75, 3.05) is 11.9 Å². The molecule has 0 aliphatic carbocycles. The average molecular weight is 469 g/mol. The molecule has 7 nitrogen and oxygen atoms in total. The molecular formula is C23H21ClN4O3S. The number of nitrogens with zero attached hydrogens (tertiary/aromatic N) is 3. The quantitative estimate of drug-likeness (QED) is 0.354. The molecule has 0 aliphatic heterocycles. The highest BCUT2D eigenvalue weighted by atomic mass is 35.5. The van der Waals surface area contributed by atoms with Gasteiger partial charge in [-0.3, -0.25) is 9.36 Å². The van der Waals surface area contributed by atoms with E-state index in [4.69, 9.17) is 20.8 Å². The van der Waals surface area contributed by atoms with Crippen molar-refractivity contribution in [1.29, 1.82) is 0 Å². The maximum absolute atomic E-state index is 11.5. The van der Waals surface area contributed by atoms with Crippen LogP contribution in [0.25, 0.3) is 11.4 Å². The highest BCUT2D eigenvalue weighted by molar-refractivity contribution is 7.99. The molecule has 0 radical (unpaired) electrons. The second kappa shape index (κ2) is 9.93. The van der Waals surface area contributed by atoms with E-state index < -0.39 is 0 Å². The van der Waals surface area contributed by atoms with Gasteiger partial charge in [0.15, 0.2) is 11.0 Å². The van der Waals surface area contributed by atoms with Gasteiger partial charge in [0.05, 0.1) is 24.3 Å². The Morgan fingerprint density at radius 1 is 1.19 bits per heavy atom. The van der Waals surface area contributed by atoms with Crippen LogP contribution in [0.3, 0.4) is 0 Å². The number of carbonyl (C=O) groups excluding carboxylic acids is 1. The molecule has 164 valence electrons. The molecule has 0 saturated carbocycles. The number of furan rings is 1. The summed E-state index contributed by atoms with van der Waals surface area (Å²) in [5, 5.41) is 13.0. The number of ether oxygens (including phenoxy) is 1. The number of anilines is 1. The summed E-state index contributed by atoms with van der Waals surface area (Å²) >= 11 is 7.47. The maximum Gasteiger partial charge on any atom is 0.221 e. The maximum atomic E-state index is 11.5. The smallest absolute Gasteiger partial charge is 0.221 e. The second-order valence-electron chi connectivity index (χ2n) is 6.86. The molecule has 9 heteroatoms. The molecule has 4 rings (SSSR count). The van der Waals surface area contributed by atoms with Gasteiger partial charge in [-0.15, -0.1) is 10.2 Å². The lowest BCUT2D eigenvalue weighted by molar-refractivity contribution is -0.114. The third kappa shape index (κ3) is 5.15.